The number of hydrogen-bond acceptors (Lipinski definition) is 3. The first-order valence-corrected chi connectivity index (χ1v) is 12.0. The summed E-state index contributed by atoms with van der Waals surface area (Å²) in [4.78, 5) is 29.4. The Morgan fingerprint density at radius 1 is 1.09 bits per heavy atom. The second kappa shape index (κ2) is 8.96. The Labute approximate surface area is 200 Å². The van der Waals surface area contributed by atoms with Crippen molar-refractivity contribution >= 4 is 51.8 Å². The fourth-order valence-corrected chi connectivity index (χ4v) is 5.37. The standard InChI is InChI=1S/C26H22ClN3O2S/c1-15-25(31)30-23-12-16(10-11-24(23)33-15)26(32)29-14-19(17-6-2-4-8-21(17)27)20-13-28-22-9-5-3-7-18(20)22/h2-13,15,19,28H,14H2,1H3,(H,29,32)(H,30,31)/t15-,19+/m0/s1. The van der Waals surface area contributed by atoms with Gasteiger partial charge in [-0.25, -0.2) is 0 Å². The van der Waals surface area contributed by atoms with Crippen molar-refractivity contribution < 1.29 is 9.59 Å². The number of benzene rings is 3. The minimum absolute atomic E-state index is 0.0526. The van der Waals surface area contributed by atoms with E-state index in [4.69, 9.17) is 11.6 Å². The normalized spacial score (nSPS) is 16.2. The number of nitrogens with one attached hydrogen (secondary N) is 3. The molecule has 1 aromatic heterocycles. The van der Waals surface area contributed by atoms with Crippen LogP contribution in [0.2, 0.25) is 5.02 Å². The Morgan fingerprint density at radius 3 is 2.73 bits per heavy atom. The first kappa shape index (κ1) is 21.6. The van der Waals surface area contributed by atoms with E-state index in [1.165, 1.54) is 11.8 Å². The molecule has 7 heteroatoms. The number of carbonyl (C=O) groups is 2. The highest BCUT2D eigenvalue weighted by molar-refractivity contribution is 8.00. The van der Waals surface area contributed by atoms with Crippen LogP contribution in [0.15, 0.2) is 77.8 Å². The first-order chi connectivity index (χ1) is 16.0. The van der Waals surface area contributed by atoms with Crippen LogP contribution in [0.1, 0.15) is 34.3 Å². The summed E-state index contributed by atoms with van der Waals surface area (Å²) in [5, 5.41) is 7.56. The van der Waals surface area contributed by atoms with Crippen LogP contribution in [0.5, 0.6) is 0 Å². The van der Waals surface area contributed by atoms with E-state index in [0.717, 1.165) is 26.9 Å². The fourth-order valence-electron chi connectivity index (χ4n) is 4.17. The molecule has 166 valence electrons. The molecule has 5 rings (SSSR count). The van der Waals surface area contributed by atoms with E-state index < -0.39 is 0 Å². The summed E-state index contributed by atoms with van der Waals surface area (Å²) in [6.45, 7) is 2.24. The van der Waals surface area contributed by atoms with Crippen molar-refractivity contribution in [2.24, 2.45) is 0 Å². The van der Waals surface area contributed by atoms with Crippen LogP contribution in [-0.2, 0) is 4.79 Å². The van der Waals surface area contributed by atoms with Crippen LogP contribution in [0, 0.1) is 0 Å². The maximum absolute atomic E-state index is 13.1. The molecule has 0 saturated heterocycles. The second-order valence-corrected chi connectivity index (χ2v) is 9.82. The van der Waals surface area contributed by atoms with Gasteiger partial charge in [-0.2, -0.15) is 0 Å². The summed E-state index contributed by atoms with van der Waals surface area (Å²) in [5.41, 5.74) is 4.23. The topological polar surface area (TPSA) is 74.0 Å². The van der Waals surface area contributed by atoms with E-state index in [-0.39, 0.29) is 23.0 Å². The smallest absolute Gasteiger partial charge is 0.251 e. The zero-order chi connectivity index (χ0) is 22.9. The first-order valence-electron chi connectivity index (χ1n) is 10.7. The van der Waals surface area contributed by atoms with E-state index in [9.17, 15) is 9.59 Å². The van der Waals surface area contributed by atoms with E-state index in [0.29, 0.717) is 22.8 Å². The number of hydrogen-bond donors (Lipinski definition) is 3. The number of aromatic nitrogens is 1. The molecule has 5 nitrogen and oxygen atoms in total. The molecule has 0 fully saturated rings. The third-order valence-corrected chi connectivity index (χ3v) is 7.44. The Balaban J connectivity index is 1.43. The van der Waals surface area contributed by atoms with Gasteiger partial charge >= 0.3 is 0 Å². The van der Waals surface area contributed by atoms with E-state index in [1.807, 2.05) is 61.7 Å². The maximum atomic E-state index is 13.1. The number of H-pyrrole nitrogens is 1. The highest BCUT2D eigenvalue weighted by atomic mass is 35.5. The van der Waals surface area contributed by atoms with Crippen LogP contribution in [0.25, 0.3) is 10.9 Å². The predicted molar refractivity (Wildman–Crippen MR) is 134 cm³/mol. The zero-order valence-corrected chi connectivity index (χ0v) is 19.5. The quantitative estimate of drug-likeness (QED) is 0.340. The highest BCUT2D eigenvalue weighted by Crippen LogP contribution is 2.36. The van der Waals surface area contributed by atoms with Gasteiger partial charge < -0.3 is 15.6 Å². The lowest BCUT2D eigenvalue weighted by atomic mass is 9.90. The van der Waals surface area contributed by atoms with Gasteiger partial charge in [-0.05, 0) is 48.4 Å². The molecule has 0 saturated carbocycles. The van der Waals surface area contributed by atoms with Gasteiger partial charge in [0.15, 0.2) is 0 Å². The van der Waals surface area contributed by atoms with Gasteiger partial charge in [0.25, 0.3) is 5.91 Å². The van der Waals surface area contributed by atoms with Crippen molar-refractivity contribution in [3.8, 4) is 0 Å². The van der Waals surface area contributed by atoms with Gasteiger partial charge in [0.2, 0.25) is 5.91 Å². The Kier molecular flexibility index (Phi) is 5.87. The number of carbonyl (C=O) groups excluding carboxylic acids is 2. The van der Waals surface area contributed by atoms with Crippen molar-refractivity contribution in [2.45, 2.75) is 23.0 Å². The van der Waals surface area contributed by atoms with Gasteiger partial charge in [-0.1, -0.05) is 48.0 Å². The molecule has 0 unspecified atom stereocenters. The molecule has 4 aromatic rings. The summed E-state index contributed by atoms with van der Waals surface area (Å²) in [6.07, 6.45) is 1.98. The molecule has 0 spiro atoms. The molecule has 1 aliphatic heterocycles. The molecule has 0 aliphatic carbocycles. The number of fused-ring (bicyclic) bond motifs is 2. The van der Waals surface area contributed by atoms with Crippen LogP contribution >= 0.6 is 23.4 Å². The van der Waals surface area contributed by atoms with E-state index in [2.05, 4.69) is 21.7 Å². The molecule has 2 amide bonds. The number of thioether (sulfide) groups is 1. The number of rotatable bonds is 5. The lowest BCUT2D eigenvalue weighted by molar-refractivity contribution is -0.115. The van der Waals surface area contributed by atoms with Crippen molar-refractivity contribution in [2.75, 3.05) is 11.9 Å². The summed E-state index contributed by atoms with van der Waals surface area (Å²) < 4.78 is 0. The van der Waals surface area contributed by atoms with Gasteiger partial charge in [0.05, 0.1) is 10.9 Å². The molecule has 3 aromatic carbocycles. The Bertz CT molecular complexity index is 1370. The average Bonchev–Trinajstić information content (AvgIpc) is 3.25. The molecule has 3 N–H and O–H groups in total. The number of anilines is 1. The van der Waals surface area contributed by atoms with Gasteiger partial charge in [-0.15, -0.1) is 11.8 Å². The van der Waals surface area contributed by atoms with Gasteiger partial charge in [0, 0.05) is 45.0 Å². The van der Waals surface area contributed by atoms with Crippen molar-refractivity contribution in [3.05, 3.63) is 94.6 Å². The summed E-state index contributed by atoms with van der Waals surface area (Å²) in [5.74, 6) is -0.386. The zero-order valence-electron chi connectivity index (χ0n) is 17.9. The molecule has 1 aliphatic rings. The van der Waals surface area contributed by atoms with Crippen LogP contribution in [0.4, 0.5) is 5.69 Å². The van der Waals surface area contributed by atoms with E-state index >= 15 is 0 Å². The fraction of sp³-hybridized carbons (Fsp3) is 0.154. The Hall–Kier alpha value is -3.22. The minimum Gasteiger partial charge on any atom is -0.361 e. The molecule has 2 heterocycles. The predicted octanol–water partition coefficient (Wildman–Crippen LogP) is 5.82. The highest BCUT2D eigenvalue weighted by Gasteiger charge is 2.25. The van der Waals surface area contributed by atoms with Gasteiger partial charge in [0.1, 0.15) is 0 Å². The number of halogens is 1. The monoisotopic (exact) mass is 475 g/mol. The molecule has 2 atom stereocenters. The third kappa shape index (κ3) is 4.24. The van der Waals surface area contributed by atoms with Crippen LogP contribution in [0.3, 0.4) is 0 Å². The molecular weight excluding hydrogens is 454 g/mol. The largest absolute Gasteiger partial charge is 0.361 e. The second-order valence-electron chi connectivity index (χ2n) is 8.03. The van der Waals surface area contributed by atoms with Crippen molar-refractivity contribution in [1.29, 1.82) is 0 Å². The number of para-hydroxylation sites is 1. The van der Waals surface area contributed by atoms with Crippen LogP contribution < -0.4 is 10.6 Å². The lowest BCUT2D eigenvalue weighted by Crippen LogP contribution is -2.30. The summed E-state index contributed by atoms with van der Waals surface area (Å²) in [6, 6.07) is 21.2. The van der Waals surface area contributed by atoms with Gasteiger partial charge in [-0.3, -0.25) is 9.59 Å². The SMILES string of the molecule is C[C@@H]1Sc2ccc(C(=O)NC[C@H](c3ccccc3Cl)c3c[nH]c4ccccc34)cc2NC1=O. The average molecular weight is 476 g/mol. The lowest BCUT2D eigenvalue weighted by Gasteiger charge is -2.22. The molecule has 0 radical (unpaired) electrons. The van der Waals surface area contributed by atoms with Crippen LogP contribution in [-0.4, -0.2) is 28.6 Å². The Morgan fingerprint density at radius 2 is 1.88 bits per heavy atom. The van der Waals surface area contributed by atoms with Crippen molar-refractivity contribution in [1.82, 2.24) is 10.3 Å². The number of aromatic amines is 1. The van der Waals surface area contributed by atoms with E-state index in [1.54, 1.807) is 12.1 Å². The number of amides is 2. The summed E-state index contributed by atoms with van der Waals surface area (Å²) in [7, 11) is 0. The molecule has 0 bridgehead atoms. The molecular formula is C26H22ClN3O2S. The third-order valence-electron chi connectivity index (χ3n) is 5.92. The minimum atomic E-state index is -0.201. The molecule has 33 heavy (non-hydrogen) atoms. The van der Waals surface area contributed by atoms with Crippen molar-refractivity contribution in [3.63, 3.8) is 0 Å². The maximum Gasteiger partial charge on any atom is 0.251 e. The summed E-state index contributed by atoms with van der Waals surface area (Å²) >= 11 is 8.05.